The van der Waals surface area contributed by atoms with Gasteiger partial charge in [0.05, 0.1) is 18.2 Å². The lowest BCUT2D eigenvalue weighted by Crippen LogP contribution is -2.35. The number of piperidine rings is 1. The minimum absolute atomic E-state index is 0.0880. The molecule has 1 saturated carbocycles. The highest BCUT2D eigenvalue weighted by atomic mass is 19.1. The van der Waals surface area contributed by atoms with Crippen LogP contribution in [-0.4, -0.2) is 51.4 Å². The standard InChI is InChI=1S/C22H27FN4O3/c23-19-13-24-22(25-16-6-4-14(5-7-16)21(29)30)26-20(19)15-2-1-3-17(12-15)27-10-8-18(28)9-11-27/h1-3,12-14,16,18,28H,4-11H2,(H,29,30)(H,24,25,26)/t14-,16-. The fourth-order valence-corrected chi connectivity index (χ4v) is 4.28. The van der Waals surface area contributed by atoms with Gasteiger partial charge in [-0.1, -0.05) is 12.1 Å². The van der Waals surface area contributed by atoms with Crippen LogP contribution in [0.2, 0.25) is 0 Å². The first-order valence-electron chi connectivity index (χ1n) is 10.5. The van der Waals surface area contributed by atoms with E-state index in [0.717, 1.165) is 44.5 Å². The number of aromatic nitrogens is 2. The minimum Gasteiger partial charge on any atom is -0.481 e. The lowest BCUT2D eigenvalue weighted by atomic mass is 9.86. The predicted octanol–water partition coefficient (Wildman–Crippen LogP) is 3.30. The third kappa shape index (κ3) is 4.70. The third-order valence-corrected chi connectivity index (χ3v) is 6.10. The molecule has 4 rings (SSSR count). The zero-order valence-electron chi connectivity index (χ0n) is 16.8. The molecule has 0 atom stereocenters. The van der Waals surface area contributed by atoms with E-state index in [1.165, 1.54) is 6.20 Å². The summed E-state index contributed by atoms with van der Waals surface area (Å²) < 4.78 is 14.5. The number of rotatable bonds is 5. The molecule has 8 heteroatoms. The van der Waals surface area contributed by atoms with Crippen LogP contribution in [0.4, 0.5) is 16.0 Å². The van der Waals surface area contributed by atoms with Gasteiger partial charge in [-0.2, -0.15) is 0 Å². The summed E-state index contributed by atoms with van der Waals surface area (Å²) >= 11 is 0. The lowest BCUT2D eigenvalue weighted by molar-refractivity contribution is -0.142. The normalized spacial score (nSPS) is 22.7. The topological polar surface area (TPSA) is 98.6 Å². The van der Waals surface area contributed by atoms with Crippen molar-refractivity contribution in [3.05, 3.63) is 36.3 Å². The molecule has 0 unspecified atom stereocenters. The van der Waals surface area contributed by atoms with Crippen LogP contribution in [-0.2, 0) is 4.79 Å². The van der Waals surface area contributed by atoms with Crippen LogP contribution < -0.4 is 10.2 Å². The van der Waals surface area contributed by atoms with Gasteiger partial charge >= 0.3 is 5.97 Å². The molecule has 0 spiro atoms. The second kappa shape index (κ2) is 8.95. The van der Waals surface area contributed by atoms with Crippen LogP contribution in [0.15, 0.2) is 30.5 Å². The Morgan fingerprint density at radius 1 is 1.13 bits per heavy atom. The molecule has 0 bridgehead atoms. The van der Waals surface area contributed by atoms with E-state index in [0.29, 0.717) is 24.4 Å². The van der Waals surface area contributed by atoms with E-state index in [1.54, 1.807) is 0 Å². The molecule has 1 aliphatic heterocycles. The summed E-state index contributed by atoms with van der Waals surface area (Å²) in [5.74, 6) is -1.15. The predicted molar refractivity (Wildman–Crippen MR) is 112 cm³/mol. The average Bonchev–Trinajstić information content (AvgIpc) is 2.76. The Kier molecular flexibility index (Phi) is 6.13. The van der Waals surface area contributed by atoms with Crippen molar-refractivity contribution in [3.8, 4) is 11.3 Å². The van der Waals surface area contributed by atoms with Gasteiger partial charge in [0.1, 0.15) is 5.69 Å². The maximum atomic E-state index is 14.5. The van der Waals surface area contributed by atoms with Crippen molar-refractivity contribution < 1.29 is 19.4 Å². The first kappa shape index (κ1) is 20.5. The Morgan fingerprint density at radius 2 is 1.87 bits per heavy atom. The number of aliphatic carboxylic acids is 1. The number of hydrogen-bond donors (Lipinski definition) is 3. The Hall–Kier alpha value is -2.74. The Bertz CT molecular complexity index is 894. The summed E-state index contributed by atoms with van der Waals surface area (Å²) in [6, 6.07) is 7.71. The molecule has 2 heterocycles. The molecule has 1 saturated heterocycles. The van der Waals surface area contributed by atoms with Gasteiger partial charge < -0.3 is 20.4 Å². The number of aliphatic hydroxyl groups is 1. The largest absolute Gasteiger partial charge is 0.481 e. The zero-order chi connectivity index (χ0) is 21.1. The van der Waals surface area contributed by atoms with Crippen molar-refractivity contribution in [2.24, 2.45) is 5.92 Å². The average molecular weight is 414 g/mol. The van der Waals surface area contributed by atoms with Gasteiger partial charge in [-0.05, 0) is 50.7 Å². The molecule has 3 N–H and O–H groups in total. The summed E-state index contributed by atoms with van der Waals surface area (Å²) in [6.45, 7) is 1.53. The molecule has 0 radical (unpaired) electrons. The van der Waals surface area contributed by atoms with Crippen LogP contribution in [0.1, 0.15) is 38.5 Å². The highest BCUT2D eigenvalue weighted by Gasteiger charge is 2.26. The summed E-state index contributed by atoms with van der Waals surface area (Å²) in [5, 5.41) is 22.1. The van der Waals surface area contributed by atoms with Gasteiger partial charge in [0.15, 0.2) is 5.82 Å². The van der Waals surface area contributed by atoms with Crippen molar-refractivity contribution in [1.29, 1.82) is 0 Å². The number of carbonyl (C=O) groups is 1. The molecular weight excluding hydrogens is 387 g/mol. The minimum atomic E-state index is -0.739. The van der Waals surface area contributed by atoms with Crippen molar-refractivity contribution >= 4 is 17.6 Å². The first-order chi connectivity index (χ1) is 14.5. The second-order valence-electron chi connectivity index (χ2n) is 8.19. The van der Waals surface area contributed by atoms with Crippen LogP contribution >= 0.6 is 0 Å². The monoisotopic (exact) mass is 414 g/mol. The van der Waals surface area contributed by atoms with E-state index in [1.807, 2.05) is 24.3 Å². The molecule has 30 heavy (non-hydrogen) atoms. The van der Waals surface area contributed by atoms with Crippen molar-refractivity contribution in [2.75, 3.05) is 23.3 Å². The summed E-state index contributed by atoms with van der Waals surface area (Å²) in [6.07, 6.45) is 5.07. The number of carboxylic acids is 1. The Balaban J connectivity index is 1.48. The summed E-state index contributed by atoms with van der Waals surface area (Å²) in [4.78, 5) is 21.8. The number of anilines is 2. The molecular formula is C22H27FN4O3. The molecule has 1 aromatic heterocycles. The van der Waals surface area contributed by atoms with Crippen LogP contribution in [0, 0.1) is 11.7 Å². The third-order valence-electron chi connectivity index (χ3n) is 6.10. The van der Waals surface area contributed by atoms with Gasteiger partial charge in [0.25, 0.3) is 0 Å². The summed E-state index contributed by atoms with van der Waals surface area (Å²) in [7, 11) is 0. The quantitative estimate of drug-likeness (QED) is 0.690. The lowest BCUT2D eigenvalue weighted by Gasteiger charge is -2.31. The van der Waals surface area contributed by atoms with Gasteiger partial charge in [0, 0.05) is 30.4 Å². The van der Waals surface area contributed by atoms with E-state index in [9.17, 15) is 14.3 Å². The molecule has 160 valence electrons. The van der Waals surface area contributed by atoms with Crippen molar-refractivity contribution in [3.63, 3.8) is 0 Å². The Labute approximate surface area is 175 Å². The zero-order valence-corrected chi connectivity index (χ0v) is 16.8. The number of halogens is 1. The van der Waals surface area contributed by atoms with Gasteiger partial charge in [-0.3, -0.25) is 4.79 Å². The molecule has 1 aliphatic carbocycles. The molecule has 2 aromatic rings. The van der Waals surface area contributed by atoms with Crippen molar-refractivity contribution in [2.45, 2.75) is 50.7 Å². The number of nitrogens with one attached hydrogen (secondary N) is 1. The van der Waals surface area contributed by atoms with Gasteiger partial charge in [-0.15, -0.1) is 0 Å². The van der Waals surface area contributed by atoms with E-state index in [4.69, 9.17) is 5.11 Å². The molecule has 2 aliphatic rings. The fraction of sp³-hybridized carbons (Fsp3) is 0.500. The molecule has 1 aromatic carbocycles. The number of nitrogens with zero attached hydrogens (tertiary/aromatic N) is 3. The first-order valence-corrected chi connectivity index (χ1v) is 10.5. The van der Waals surface area contributed by atoms with Crippen LogP contribution in [0.3, 0.4) is 0 Å². The molecule has 7 nitrogen and oxygen atoms in total. The van der Waals surface area contributed by atoms with Crippen LogP contribution in [0.5, 0.6) is 0 Å². The van der Waals surface area contributed by atoms with E-state index < -0.39 is 11.8 Å². The fourth-order valence-electron chi connectivity index (χ4n) is 4.28. The van der Waals surface area contributed by atoms with Crippen molar-refractivity contribution in [1.82, 2.24) is 9.97 Å². The van der Waals surface area contributed by atoms with E-state index in [-0.39, 0.29) is 23.8 Å². The summed E-state index contributed by atoms with van der Waals surface area (Å²) in [5.41, 5.74) is 1.90. The van der Waals surface area contributed by atoms with Crippen LogP contribution in [0.25, 0.3) is 11.3 Å². The maximum absolute atomic E-state index is 14.5. The number of aliphatic hydroxyl groups excluding tert-OH is 1. The van der Waals surface area contributed by atoms with E-state index in [2.05, 4.69) is 20.2 Å². The Morgan fingerprint density at radius 3 is 2.57 bits per heavy atom. The maximum Gasteiger partial charge on any atom is 0.306 e. The van der Waals surface area contributed by atoms with Gasteiger partial charge in [0.2, 0.25) is 5.95 Å². The number of benzene rings is 1. The smallest absolute Gasteiger partial charge is 0.306 e. The molecule has 0 amide bonds. The molecule has 2 fully saturated rings. The SMILES string of the molecule is O=C(O)[C@H]1CC[C@H](Nc2ncc(F)c(-c3cccc(N4CCC(O)CC4)c3)n2)CC1. The second-order valence-corrected chi connectivity index (χ2v) is 8.19. The highest BCUT2D eigenvalue weighted by molar-refractivity contribution is 5.70. The highest BCUT2D eigenvalue weighted by Crippen LogP contribution is 2.29. The number of carboxylic acid groups (broad SMARTS) is 1. The van der Waals surface area contributed by atoms with E-state index >= 15 is 0 Å². The number of hydrogen-bond acceptors (Lipinski definition) is 6. The van der Waals surface area contributed by atoms with Gasteiger partial charge in [-0.25, -0.2) is 14.4 Å².